The maximum Gasteiger partial charge on any atom is 0.0175 e. The summed E-state index contributed by atoms with van der Waals surface area (Å²) < 4.78 is 1.11. The Bertz CT molecular complexity index is 1300. The summed E-state index contributed by atoms with van der Waals surface area (Å²) in [6.07, 6.45) is 2.13. The van der Waals surface area contributed by atoms with E-state index >= 15 is 0 Å². The van der Waals surface area contributed by atoms with Gasteiger partial charge in [0.1, 0.15) is 0 Å². The van der Waals surface area contributed by atoms with Crippen LogP contribution >= 0.6 is 15.9 Å². The van der Waals surface area contributed by atoms with Crippen molar-refractivity contribution in [2.24, 2.45) is 0 Å². The van der Waals surface area contributed by atoms with E-state index in [0.717, 1.165) is 17.3 Å². The van der Waals surface area contributed by atoms with Crippen LogP contribution < -0.4 is 0 Å². The molecule has 5 aromatic rings. The number of benzene rings is 5. The molecule has 0 aromatic heterocycles. The minimum Gasteiger partial charge on any atom is -0.0622 e. The van der Waals surface area contributed by atoms with Crippen molar-refractivity contribution in [2.45, 2.75) is 18.8 Å². The molecule has 32 heavy (non-hydrogen) atoms. The van der Waals surface area contributed by atoms with Gasteiger partial charge in [0.25, 0.3) is 0 Å². The van der Waals surface area contributed by atoms with Gasteiger partial charge in [0.05, 0.1) is 0 Å². The van der Waals surface area contributed by atoms with Crippen LogP contribution in [0.1, 0.15) is 29.0 Å². The number of hydrogen-bond donors (Lipinski definition) is 0. The minimum atomic E-state index is 0.381. The van der Waals surface area contributed by atoms with Crippen LogP contribution in [0.3, 0.4) is 0 Å². The highest BCUT2D eigenvalue weighted by Gasteiger charge is 2.15. The van der Waals surface area contributed by atoms with Gasteiger partial charge in [0.15, 0.2) is 0 Å². The van der Waals surface area contributed by atoms with E-state index in [1.807, 2.05) is 0 Å². The Kier molecular flexibility index (Phi) is 6.18. The molecule has 0 aliphatic heterocycles. The summed E-state index contributed by atoms with van der Waals surface area (Å²) in [4.78, 5) is 0. The quantitative estimate of drug-likeness (QED) is 0.229. The molecule has 0 saturated carbocycles. The largest absolute Gasteiger partial charge is 0.0622 e. The van der Waals surface area contributed by atoms with Gasteiger partial charge in [-0.05, 0) is 63.6 Å². The fourth-order valence-electron chi connectivity index (χ4n) is 4.45. The first kappa shape index (κ1) is 20.7. The lowest BCUT2D eigenvalue weighted by Crippen LogP contribution is -2.03. The number of aryl methyl sites for hydroxylation is 1. The predicted octanol–water partition coefficient (Wildman–Crippen LogP) is 9.03. The van der Waals surface area contributed by atoms with E-state index in [-0.39, 0.29) is 0 Å². The van der Waals surface area contributed by atoms with E-state index in [4.69, 9.17) is 0 Å². The number of halogens is 1. The number of rotatable bonds is 6. The van der Waals surface area contributed by atoms with Crippen LogP contribution in [0.4, 0.5) is 0 Å². The fourth-order valence-corrected chi connectivity index (χ4v) is 4.72. The zero-order valence-corrected chi connectivity index (χ0v) is 19.5. The Morgan fingerprint density at radius 3 is 1.88 bits per heavy atom. The van der Waals surface area contributed by atoms with Gasteiger partial charge in [-0.1, -0.05) is 125 Å². The third kappa shape index (κ3) is 4.69. The van der Waals surface area contributed by atoms with Crippen LogP contribution in [0.2, 0.25) is 0 Å². The van der Waals surface area contributed by atoms with E-state index < -0.39 is 0 Å². The first-order valence-corrected chi connectivity index (χ1v) is 11.9. The van der Waals surface area contributed by atoms with Gasteiger partial charge in [-0.25, -0.2) is 0 Å². The summed E-state index contributed by atoms with van der Waals surface area (Å²) in [6.45, 7) is 0. The van der Waals surface area contributed by atoms with Crippen LogP contribution in [0, 0.1) is 0 Å². The van der Waals surface area contributed by atoms with Crippen LogP contribution in [-0.2, 0) is 6.42 Å². The predicted molar refractivity (Wildman–Crippen MR) is 140 cm³/mol. The topological polar surface area (TPSA) is 0 Å². The smallest absolute Gasteiger partial charge is 0.0175 e. The lowest BCUT2D eigenvalue weighted by atomic mass is 9.85. The average Bonchev–Trinajstić information content (AvgIpc) is 2.86. The molecule has 0 aliphatic carbocycles. The maximum atomic E-state index is 3.52. The van der Waals surface area contributed by atoms with Crippen molar-refractivity contribution < 1.29 is 0 Å². The van der Waals surface area contributed by atoms with Crippen LogP contribution in [0.15, 0.2) is 126 Å². The minimum absolute atomic E-state index is 0.381. The maximum absolute atomic E-state index is 3.52. The Morgan fingerprint density at radius 1 is 0.531 bits per heavy atom. The van der Waals surface area contributed by atoms with Crippen molar-refractivity contribution in [3.8, 4) is 11.1 Å². The molecule has 0 heterocycles. The molecule has 156 valence electrons. The second-order valence-electron chi connectivity index (χ2n) is 8.31. The van der Waals surface area contributed by atoms with Gasteiger partial charge in [0.2, 0.25) is 0 Å². The monoisotopic (exact) mass is 476 g/mol. The summed E-state index contributed by atoms with van der Waals surface area (Å²) in [7, 11) is 0. The molecule has 5 rings (SSSR count). The molecule has 0 fully saturated rings. The third-order valence-electron chi connectivity index (χ3n) is 6.23. The van der Waals surface area contributed by atoms with Crippen molar-refractivity contribution >= 4 is 26.7 Å². The zero-order chi connectivity index (χ0) is 21.8. The van der Waals surface area contributed by atoms with E-state index in [1.54, 1.807) is 0 Å². The molecule has 0 bridgehead atoms. The van der Waals surface area contributed by atoms with Gasteiger partial charge in [-0.15, -0.1) is 0 Å². The average molecular weight is 477 g/mol. The third-order valence-corrected chi connectivity index (χ3v) is 6.76. The summed E-state index contributed by atoms with van der Waals surface area (Å²) in [5.74, 6) is 0.381. The molecule has 5 aromatic carbocycles. The molecule has 0 nitrogen and oxygen atoms in total. The van der Waals surface area contributed by atoms with Crippen LogP contribution in [-0.4, -0.2) is 0 Å². The normalized spacial score (nSPS) is 12.0. The second-order valence-corrected chi connectivity index (χ2v) is 9.23. The number of hydrogen-bond acceptors (Lipinski definition) is 0. The van der Waals surface area contributed by atoms with Gasteiger partial charge in [-0.3, -0.25) is 0 Å². The van der Waals surface area contributed by atoms with Crippen molar-refractivity contribution in [3.05, 3.63) is 142 Å². The van der Waals surface area contributed by atoms with E-state index in [9.17, 15) is 0 Å². The van der Waals surface area contributed by atoms with Crippen molar-refractivity contribution in [1.82, 2.24) is 0 Å². The van der Waals surface area contributed by atoms with Gasteiger partial charge >= 0.3 is 0 Å². The first-order valence-electron chi connectivity index (χ1n) is 11.1. The Balaban J connectivity index is 1.39. The summed E-state index contributed by atoms with van der Waals surface area (Å²) in [5, 5.41) is 2.61. The molecular weight excluding hydrogens is 452 g/mol. The zero-order valence-electron chi connectivity index (χ0n) is 17.9. The molecule has 0 aliphatic rings. The molecule has 1 atom stereocenters. The lowest BCUT2D eigenvalue weighted by molar-refractivity contribution is 0.716. The standard InChI is InChI=1S/C31H25Br/c32-30-19-17-26(18-20-30)25-13-10-23(11-14-25)12-21-31(27-7-2-1-3-8-27)29-16-15-24-6-4-5-9-28(24)22-29/h1-11,13-20,22,31H,12,21H2. The number of fused-ring (bicyclic) bond motifs is 1. The van der Waals surface area contributed by atoms with Gasteiger partial charge < -0.3 is 0 Å². The SMILES string of the molecule is Brc1ccc(-c2ccc(CCC(c3ccccc3)c3ccc4ccccc4c3)cc2)cc1. The van der Waals surface area contributed by atoms with Crippen LogP contribution in [0.5, 0.6) is 0 Å². The molecular formula is C31H25Br. The van der Waals surface area contributed by atoms with Crippen molar-refractivity contribution in [1.29, 1.82) is 0 Å². The summed E-state index contributed by atoms with van der Waals surface area (Å²) in [5.41, 5.74) is 6.66. The summed E-state index contributed by atoms with van der Waals surface area (Å²) in [6, 6.07) is 44.0. The Hall–Kier alpha value is -3.16. The van der Waals surface area contributed by atoms with Crippen molar-refractivity contribution in [2.75, 3.05) is 0 Å². The van der Waals surface area contributed by atoms with Gasteiger partial charge in [0, 0.05) is 10.4 Å². The molecule has 0 N–H and O–H groups in total. The van der Waals surface area contributed by atoms with E-state index in [1.165, 1.54) is 38.6 Å². The molecule has 1 unspecified atom stereocenters. The Morgan fingerprint density at radius 2 is 1.16 bits per heavy atom. The van der Waals surface area contributed by atoms with Gasteiger partial charge in [-0.2, -0.15) is 0 Å². The first-order chi connectivity index (χ1) is 15.8. The lowest BCUT2D eigenvalue weighted by Gasteiger charge is -2.19. The second kappa shape index (κ2) is 9.54. The highest BCUT2D eigenvalue weighted by Crippen LogP contribution is 2.32. The van der Waals surface area contributed by atoms with E-state index in [2.05, 4.69) is 137 Å². The molecule has 0 spiro atoms. The van der Waals surface area contributed by atoms with Crippen molar-refractivity contribution in [3.63, 3.8) is 0 Å². The van der Waals surface area contributed by atoms with Crippen LogP contribution in [0.25, 0.3) is 21.9 Å². The fraction of sp³-hybridized carbons (Fsp3) is 0.0968. The highest BCUT2D eigenvalue weighted by atomic mass is 79.9. The molecule has 0 radical (unpaired) electrons. The molecule has 0 amide bonds. The summed E-state index contributed by atoms with van der Waals surface area (Å²) >= 11 is 3.52. The Labute approximate surface area is 198 Å². The van der Waals surface area contributed by atoms with E-state index in [0.29, 0.717) is 5.92 Å². The molecule has 0 saturated heterocycles. The highest BCUT2D eigenvalue weighted by molar-refractivity contribution is 9.10. The molecule has 1 heteroatoms.